The SMILES string of the molecule is N#Cc1cncc(Br)c1F. The summed E-state index contributed by atoms with van der Waals surface area (Å²) < 4.78 is 12.9. The molecule has 0 saturated heterocycles. The lowest BCUT2D eigenvalue weighted by Crippen LogP contribution is -1.86. The Morgan fingerprint density at radius 1 is 1.60 bits per heavy atom. The summed E-state index contributed by atoms with van der Waals surface area (Å²) in [6, 6.07) is 1.67. The Morgan fingerprint density at radius 2 is 2.30 bits per heavy atom. The summed E-state index contributed by atoms with van der Waals surface area (Å²) in [7, 11) is 0. The molecule has 0 aliphatic rings. The Morgan fingerprint density at radius 3 is 2.80 bits per heavy atom. The summed E-state index contributed by atoms with van der Waals surface area (Å²) in [5.74, 6) is -0.558. The second-order valence-electron chi connectivity index (χ2n) is 1.59. The van der Waals surface area contributed by atoms with Crippen LogP contribution in [0.5, 0.6) is 0 Å². The van der Waals surface area contributed by atoms with Crippen molar-refractivity contribution in [3.8, 4) is 6.07 Å². The normalized spacial score (nSPS) is 8.90. The molecule has 1 heterocycles. The summed E-state index contributed by atoms with van der Waals surface area (Å²) in [6.45, 7) is 0. The second-order valence-corrected chi connectivity index (χ2v) is 2.45. The highest BCUT2D eigenvalue weighted by Gasteiger charge is 2.03. The van der Waals surface area contributed by atoms with Gasteiger partial charge in [-0.2, -0.15) is 5.26 Å². The zero-order valence-corrected chi connectivity index (χ0v) is 6.39. The smallest absolute Gasteiger partial charge is 0.158 e. The number of nitrogens with zero attached hydrogens (tertiary/aromatic N) is 2. The average molecular weight is 201 g/mol. The van der Waals surface area contributed by atoms with Gasteiger partial charge in [0.2, 0.25) is 0 Å². The Hall–Kier alpha value is -0.950. The van der Waals surface area contributed by atoms with Crippen LogP contribution in [-0.2, 0) is 0 Å². The van der Waals surface area contributed by atoms with Crippen molar-refractivity contribution in [3.63, 3.8) is 0 Å². The maximum atomic E-state index is 12.7. The van der Waals surface area contributed by atoms with Gasteiger partial charge in [0, 0.05) is 12.4 Å². The molecule has 50 valence electrons. The molecular formula is C6H2BrFN2. The van der Waals surface area contributed by atoms with Gasteiger partial charge < -0.3 is 0 Å². The highest BCUT2D eigenvalue weighted by Crippen LogP contribution is 2.15. The van der Waals surface area contributed by atoms with E-state index in [2.05, 4.69) is 20.9 Å². The van der Waals surface area contributed by atoms with E-state index in [1.807, 2.05) is 0 Å². The molecule has 0 unspecified atom stereocenters. The molecule has 0 aliphatic carbocycles. The summed E-state index contributed by atoms with van der Waals surface area (Å²) in [6.07, 6.45) is 2.48. The molecule has 0 atom stereocenters. The molecule has 0 radical (unpaired) electrons. The van der Waals surface area contributed by atoms with Gasteiger partial charge in [0.1, 0.15) is 11.6 Å². The van der Waals surface area contributed by atoms with Crippen LogP contribution in [0, 0.1) is 17.1 Å². The highest BCUT2D eigenvalue weighted by molar-refractivity contribution is 9.10. The van der Waals surface area contributed by atoms with Crippen LogP contribution in [0.3, 0.4) is 0 Å². The Kier molecular flexibility index (Phi) is 1.97. The first kappa shape index (κ1) is 7.16. The maximum absolute atomic E-state index is 12.7. The van der Waals surface area contributed by atoms with Crippen LogP contribution in [0.4, 0.5) is 4.39 Å². The van der Waals surface area contributed by atoms with Gasteiger partial charge in [0.05, 0.1) is 4.47 Å². The zero-order chi connectivity index (χ0) is 7.56. The molecule has 1 aromatic heterocycles. The highest BCUT2D eigenvalue weighted by atomic mass is 79.9. The van der Waals surface area contributed by atoms with Gasteiger partial charge in [-0.05, 0) is 15.9 Å². The van der Waals surface area contributed by atoms with Crippen molar-refractivity contribution >= 4 is 15.9 Å². The number of nitriles is 1. The zero-order valence-electron chi connectivity index (χ0n) is 4.81. The van der Waals surface area contributed by atoms with Crippen LogP contribution < -0.4 is 0 Å². The van der Waals surface area contributed by atoms with Crippen LogP contribution in [-0.4, -0.2) is 4.98 Å². The monoisotopic (exact) mass is 200 g/mol. The van der Waals surface area contributed by atoms with E-state index in [1.165, 1.54) is 12.4 Å². The molecule has 0 fully saturated rings. The molecule has 2 nitrogen and oxygen atoms in total. The van der Waals surface area contributed by atoms with Crippen molar-refractivity contribution < 1.29 is 4.39 Å². The number of pyridine rings is 1. The molecule has 1 rings (SSSR count). The fourth-order valence-corrected chi connectivity index (χ4v) is 0.829. The van der Waals surface area contributed by atoms with E-state index in [0.717, 1.165) is 0 Å². The van der Waals surface area contributed by atoms with Gasteiger partial charge in [-0.3, -0.25) is 4.98 Å². The van der Waals surface area contributed by atoms with Crippen LogP contribution in [0.25, 0.3) is 0 Å². The minimum absolute atomic E-state index is 0.0469. The van der Waals surface area contributed by atoms with Crippen LogP contribution in [0.15, 0.2) is 16.9 Å². The van der Waals surface area contributed by atoms with E-state index < -0.39 is 5.82 Å². The van der Waals surface area contributed by atoms with E-state index in [0.29, 0.717) is 0 Å². The molecule has 0 N–H and O–H groups in total. The molecule has 0 bridgehead atoms. The third-order valence-corrected chi connectivity index (χ3v) is 1.51. The number of aromatic nitrogens is 1. The van der Waals surface area contributed by atoms with Crippen molar-refractivity contribution in [2.75, 3.05) is 0 Å². The van der Waals surface area contributed by atoms with Crippen molar-refractivity contribution in [2.45, 2.75) is 0 Å². The van der Waals surface area contributed by atoms with Crippen molar-refractivity contribution in [1.29, 1.82) is 5.26 Å². The van der Waals surface area contributed by atoms with Crippen LogP contribution >= 0.6 is 15.9 Å². The van der Waals surface area contributed by atoms with E-state index in [1.54, 1.807) is 6.07 Å². The average Bonchev–Trinajstić information content (AvgIpc) is 1.95. The first-order chi connectivity index (χ1) is 4.75. The standard InChI is InChI=1S/C6H2BrFN2/c7-5-3-10-2-4(1-9)6(5)8/h2-3H. The van der Waals surface area contributed by atoms with Gasteiger partial charge in [-0.15, -0.1) is 0 Å². The van der Waals surface area contributed by atoms with E-state index in [9.17, 15) is 4.39 Å². The number of hydrogen-bond donors (Lipinski definition) is 0. The van der Waals surface area contributed by atoms with Gasteiger partial charge in [0.15, 0.2) is 5.82 Å². The predicted octanol–water partition coefficient (Wildman–Crippen LogP) is 1.85. The molecular weight excluding hydrogens is 199 g/mol. The first-order valence-electron chi connectivity index (χ1n) is 2.45. The topological polar surface area (TPSA) is 36.7 Å². The third kappa shape index (κ3) is 1.14. The van der Waals surface area contributed by atoms with Gasteiger partial charge in [-0.25, -0.2) is 4.39 Å². The Balaban J connectivity index is 3.31. The van der Waals surface area contributed by atoms with Crippen LogP contribution in [0.2, 0.25) is 0 Å². The van der Waals surface area contributed by atoms with Crippen LogP contribution in [0.1, 0.15) is 5.56 Å². The van der Waals surface area contributed by atoms with E-state index >= 15 is 0 Å². The second kappa shape index (κ2) is 2.76. The molecule has 10 heavy (non-hydrogen) atoms. The lowest BCUT2D eigenvalue weighted by Gasteiger charge is -1.92. The molecule has 4 heteroatoms. The third-order valence-electron chi connectivity index (χ3n) is 0.958. The number of hydrogen-bond acceptors (Lipinski definition) is 2. The predicted molar refractivity (Wildman–Crippen MR) is 36.6 cm³/mol. The summed E-state index contributed by atoms with van der Waals surface area (Å²) >= 11 is 2.90. The molecule has 0 amide bonds. The molecule has 0 spiro atoms. The summed E-state index contributed by atoms with van der Waals surface area (Å²) in [5, 5.41) is 8.29. The number of rotatable bonds is 0. The fourth-order valence-electron chi connectivity index (χ4n) is 0.497. The van der Waals surface area contributed by atoms with Crippen molar-refractivity contribution in [3.05, 3.63) is 28.2 Å². The van der Waals surface area contributed by atoms with E-state index in [-0.39, 0.29) is 10.0 Å². The number of halogens is 2. The molecule has 0 saturated carbocycles. The van der Waals surface area contributed by atoms with Gasteiger partial charge in [-0.1, -0.05) is 0 Å². The first-order valence-corrected chi connectivity index (χ1v) is 3.24. The van der Waals surface area contributed by atoms with Gasteiger partial charge in [0.25, 0.3) is 0 Å². The quantitative estimate of drug-likeness (QED) is 0.642. The lowest BCUT2D eigenvalue weighted by molar-refractivity contribution is 0.614. The molecule has 1 aromatic rings. The maximum Gasteiger partial charge on any atom is 0.158 e. The van der Waals surface area contributed by atoms with Gasteiger partial charge >= 0.3 is 0 Å². The Bertz CT molecular complexity index is 292. The minimum Gasteiger partial charge on any atom is -0.262 e. The van der Waals surface area contributed by atoms with Crippen molar-refractivity contribution in [1.82, 2.24) is 4.98 Å². The summed E-state index contributed by atoms with van der Waals surface area (Å²) in [4.78, 5) is 3.61. The lowest BCUT2D eigenvalue weighted by atomic mass is 10.3. The fraction of sp³-hybridized carbons (Fsp3) is 0. The van der Waals surface area contributed by atoms with E-state index in [4.69, 9.17) is 5.26 Å². The largest absolute Gasteiger partial charge is 0.262 e. The molecule has 0 aliphatic heterocycles. The Labute approximate surface area is 65.4 Å². The summed E-state index contributed by atoms with van der Waals surface area (Å²) in [5.41, 5.74) is -0.0469. The molecule has 0 aromatic carbocycles. The minimum atomic E-state index is -0.558. The van der Waals surface area contributed by atoms with Crippen molar-refractivity contribution in [2.24, 2.45) is 0 Å².